The molecule has 1 nitrogen and oxygen atoms in total. The van der Waals surface area contributed by atoms with Gasteiger partial charge in [-0.05, 0) is 49.7 Å². The Bertz CT molecular complexity index is 310. The second kappa shape index (κ2) is 5.83. The highest BCUT2D eigenvalue weighted by atomic mass is 32.1. The van der Waals surface area contributed by atoms with E-state index in [1.807, 2.05) is 11.3 Å². The Hall–Kier alpha value is -0.340. The summed E-state index contributed by atoms with van der Waals surface area (Å²) >= 11 is 1.92. The van der Waals surface area contributed by atoms with Gasteiger partial charge in [-0.3, -0.25) is 0 Å². The molecule has 1 unspecified atom stereocenters. The van der Waals surface area contributed by atoms with E-state index in [0.29, 0.717) is 6.04 Å². The number of nitrogens with one attached hydrogen (secondary N) is 1. The largest absolute Gasteiger partial charge is 0.312 e. The van der Waals surface area contributed by atoms with Crippen molar-refractivity contribution in [2.45, 2.75) is 51.5 Å². The van der Waals surface area contributed by atoms with Crippen molar-refractivity contribution >= 4 is 11.3 Å². The summed E-state index contributed by atoms with van der Waals surface area (Å²) in [6.07, 6.45) is 8.54. The van der Waals surface area contributed by atoms with Gasteiger partial charge >= 0.3 is 0 Å². The first-order valence-electron chi connectivity index (χ1n) is 6.54. The normalized spacial score (nSPS) is 20.6. The van der Waals surface area contributed by atoms with Gasteiger partial charge in [0.05, 0.1) is 0 Å². The number of hydrogen-bond donors (Lipinski definition) is 1. The summed E-state index contributed by atoms with van der Waals surface area (Å²) in [7, 11) is 2.12. The van der Waals surface area contributed by atoms with Gasteiger partial charge in [-0.25, -0.2) is 0 Å². The summed E-state index contributed by atoms with van der Waals surface area (Å²) in [6, 6.07) is 2.85. The third-order valence-corrected chi connectivity index (χ3v) is 4.97. The minimum atomic E-state index is 0.595. The Balaban J connectivity index is 2.12. The molecule has 1 fully saturated rings. The van der Waals surface area contributed by atoms with E-state index in [9.17, 15) is 0 Å². The average molecular weight is 237 g/mol. The van der Waals surface area contributed by atoms with E-state index in [1.165, 1.54) is 44.1 Å². The molecule has 0 radical (unpaired) electrons. The van der Waals surface area contributed by atoms with Gasteiger partial charge in [0.2, 0.25) is 0 Å². The van der Waals surface area contributed by atoms with Crippen molar-refractivity contribution in [3.8, 4) is 0 Å². The molecule has 0 aliphatic heterocycles. The third kappa shape index (κ3) is 2.67. The molecule has 0 spiro atoms. The Morgan fingerprint density at radius 2 is 1.94 bits per heavy atom. The summed E-state index contributed by atoms with van der Waals surface area (Å²) < 4.78 is 0. The molecule has 1 aromatic rings. The Labute approximate surface area is 103 Å². The fourth-order valence-corrected chi connectivity index (χ4v) is 4.06. The third-order valence-electron chi connectivity index (χ3n) is 3.87. The molecule has 16 heavy (non-hydrogen) atoms. The van der Waals surface area contributed by atoms with E-state index in [-0.39, 0.29) is 0 Å². The molecule has 0 saturated heterocycles. The summed E-state index contributed by atoms with van der Waals surface area (Å²) in [5.74, 6) is 0.852. The second-order valence-electron chi connectivity index (χ2n) is 4.99. The van der Waals surface area contributed by atoms with Gasteiger partial charge in [0.1, 0.15) is 0 Å². The van der Waals surface area contributed by atoms with E-state index in [2.05, 4.69) is 30.7 Å². The maximum atomic E-state index is 3.55. The first kappa shape index (κ1) is 12.1. The van der Waals surface area contributed by atoms with Crippen molar-refractivity contribution < 1.29 is 0 Å². The highest BCUT2D eigenvalue weighted by Crippen LogP contribution is 2.36. The van der Waals surface area contributed by atoms with Crippen LogP contribution in [-0.2, 0) is 0 Å². The molecule has 1 heterocycles. The van der Waals surface area contributed by atoms with Gasteiger partial charge in [-0.2, -0.15) is 0 Å². The van der Waals surface area contributed by atoms with Crippen LogP contribution in [0.1, 0.15) is 55.0 Å². The molecule has 1 N–H and O–H groups in total. The Morgan fingerprint density at radius 1 is 1.25 bits per heavy atom. The molecule has 1 atom stereocenters. The van der Waals surface area contributed by atoms with Crippen LogP contribution < -0.4 is 5.32 Å². The molecule has 90 valence electrons. The van der Waals surface area contributed by atoms with Crippen molar-refractivity contribution in [1.82, 2.24) is 5.32 Å². The lowest BCUT2D eigenvalue weighted by Gasteiger charge is -2.25. The minimum Gasteiger partial charge on any atom is -0.312 e. The second-order valence-corrected chi connectivity index (χ2v) is 5.93. The molecule has 0 aromatic carbocycles. The molecule has 2 heteroatoms. The van der Waals surface area contributed by atoms with Crippen LogP contribution in [0.25, 0.3) is 0 Å². The standard InChI is InChI=1S/C14H23NS/c1-11-9-10-16-14(11)13(15-2)12-7-5-3-4-6-8-12/h9-10,12-13,15H,3-8H2,1-2H3. The van der Waals surface area contributed by atoms with Crippen LogP contribution in [0, 0.1) is 12.8 Å². The van der Waals surface area contributed by atoms with Gasteiger partial charge in [0.25, 0.3) is 0 Å². The van der Waals surface area contributed by atoms with Crippen molar-refractivity contribution in [2.75, 3.05) is 7.05 Å². The highest BCUT2D eigenvalue weighted by molar-refractivity contribution is 7.10. The van der Waals surface area contributed by atoms with Crippen molar-refractivity contribution in [3.05, 3.63) is 21.9 Å². The maximum Gasteiger partial charge on any atom is 0.0443 e. The first-order chi connectivity index (χ1) is 7.83. The molecule has 1 aliphatic rings. The number of thiophene rings is 1. The van der Waals surface area contributed by atoms with Crippen molar-refractivity contribution in [2.24, 2.45) is 5.92 Å². The topological polar surface area (TPSA) is 12.0 Å². The van der Waals surface area contributed by atoms with Gasteiger partial charge in [0, 0.05) is 10.9 Å². The molecule has 1 saturated carbocycles. The Kier molecular flexibility index (Phi) is 4.42. The predicted molar refractivity (Wildman–Crippen MR) is 72.0 cm³/mol. The lowest BCUT2D eigenvalue weighted by Crippen LogP contribution is -2.24. The van der Waals surface area contributed by atoms with E-state index in [1.54, 1.807) is 4.88 Å². The summed E-state index contributed by atoms with van der Waals surface area (Å²) in [4.78, 5) is 1.56. The zero-order valence-electron chi connectivity index (χ0n) is 10.5. The summed E-state index contributed by atoms with van der Waals surface area (Å²) in [6.45, 7) is 2.24. The molecule has 1 aliphatic carbocycles. The van der Waals surface area contributed by atoms with Crippen LogP contribution >= 0.6 is 11.3 Å². The molecule has 0 amide bonds. The van der Waals surface area contributed by atoms with Gasteiger partial charge < -0.3 is 5.32 Å². The van der Waals surface area contributed by atoms with Crippen LogP contribution in [0.5, 0.6) is 0 Å². The highest BCUT2D eigenvalue weighted by Gasteiger charge is 2.24. The fourth-order valence-electron chi connectivity index (χ4n) is 2.93. The summed E-state index contributed by atoms with van der Waals surface area (Å²) in [5, 5.41) is 5.78. The molecular formula is C14H23NS. The van der Waals surface area contributed by atoms with Crippen LogP contribution in [0.2, 0.25) is 0 Å². The number of rotatable bonds is 3. The van der Waals surface area contributed by atoms with Crippen LogP contribution in [-0.4, -0.2) is 7.05 Å². The van der Waals surface area contributed by atoms with Gasteiger partial charge in [0.15, 0.2) is 0 Å². The molecule has 2 rings (SSSR count). The quantitative estimate of drug-likeness (QED) is 0.773. The van der Waals surface area contributed by atoms with E-state index >= 15 is 0 Å². The van der Waals surface area contributed by atoms with Gasteiger partial charge in [-0.15, -0.1) is 11.3 Å². The summed E-state index contributed by atoms with van der Waals surface area (Å²) in [5.41, 5.74) is 1.47. The zero-order valence-corrected chi connectivity index (χ0v) is 11.3. The van der Waals surface area contributed by atoms with Crippen LogP contribution in [0.3, 0.4) is 0 Å². The van der Waals surface area contributed by atoms with E-state index < -0.39 is 0 Å². The zero-order chi connectivity index (χ0) is 11.4. The van der Waals surface area contributed by atoms with Crippen molar-refractivity contribution in [3.63, 3.8) is 0 Å². The monoisotopic (exact) mass is 237 g/mol. The lowest BCUT2D eigenvalue weighted by molar-refractivity contribution is 0.345. The van der Waals surface area contributed by atoms with Crippen LogP contribution in [0.15, 0.2) is 11.4 Å². The molecular weight excluding hydrogens is 214 g/mol. The maximum absolute atomic E-state index is 3.55. The Morgan fingerprint density at radius 3 is 2.44 bits per heavy atom. The predicted octanol–water partition coefficient (Wildman–Crippen LogP) is 4.29. The molecule has 0 bridgehead atoms. The molecule has 1 aromatic heterocycles. The van der Waals surface area contributed by atoms with Crippen LogP contribution in [0.4, 0.5) is 0 Å². The lowest BCUT2D eigenvalue weighted by atomic mass is 9.90. The van der Waals surface area contributed by atoms with Gasteiger partial charge in [-0.1, -0.05) is 25.7 Å². The first-order valence-corrected chi connectivity index (χ1v) is 7.42. The number of aryl methyl sites for hydroxylation is 1. The fraction of sp³-hybridized carbons (Fsp3) is 0.714. The van der Waals surface area contributed by atoms with E-state index in [4.69, 9.17) is 0 Å². The van der Waals surface area contributed by atoms with Crippen molar-refractivity contribution in [1.29, 1.82) is 0 Å². The average Bonchev–Trinajstić information content (AvgIpc) is 2.57. The van der Waals surface area contributed by atoms with E-state index in [0.717, 1.165) is 5.92 Å². The smallest absolute Gasteiger partial charge is 0.0443 e. The minimum absolute atomic E-state index is 0.595. The SMILES string of the molecule is CNC(c1sccc1C)C1CCCCCC1. The number of hydrogen-bond acceptors (Lipinski definition) is 2.